The third kappa shape index (κ3) is 3.07. The Bertz CT molecular complexity index is 389. The zero-order chi connectivity index (χ0) is 12.3. The molecule has 1 fully saturated rings. The molecule has 0 aromatic carbocycles. The molecular weight excluding hydrogens is 234 g/mol. The van der Waals surface area contributed by atoms with E-state index in [0.717, 1.165) is 22.6 Å². The molecule has 1 aromatic heterocycles. The minimum Gasteiger partial charge on any atom is -0.396 e. The van der Waals surface area contributed by atoms with E-state index in [-0.39, 0.29) is 12.5 Å². The van der Waals surface area contributed by atoms with Crippen LogP contribution >= 0.6 is 11.3 Å². The van der Waals surface area contributed by atoms with Crippen molar-refractivity contribution in [1.29, 1.82) is 0 Å². The number of carbonyl (C=O) groups is 1. The number of rotatable bonds is 4. The highest BCUT2D eigenvalue weighted by Crippen LogP contribution is 2.30. The quantitative estimate of drug-likeness (QED) is 0.864. The van der Waals surface area contributed by atoms with Crippen molar-refractivity contribution < 1.29 is 9.90 Å². The fourth-order valence-corrected chi connectivity index (χ4v) is 3.27. The van der Waals surface area contributed by atoms with Crippen LogP contribution in [0, 0.1) is 18.8 Å². The van der Waals surface area contributed by atoms with Crippen LogP contribution in [0.1, 0.15) is 33.8 Å². The van der Waals surface area contributed by atoms with E-state index in [4.69, 9.17) is 0 Å². The zero-order valence-electron chi connectivity index (χ0n) is 10.1. The highest BCUT2D eigenvalue weighted by Gasteiger charge is 2.26. The van der Waals surface area contributed by atoms with Crippen LogP contribution in [0.4, 0.5) is 0 Å². The molecule has 0 aliphatic heterocycles. The Labute approximate surface area is 106 Å². The topological polar surface area (TPSA) is 49.3 Å². The molecule has 3 nitrogen and oxygen atoms in total. The highest BCUT2D eigenvalue weighted by atomic mass is 32.1. The Morgan fingerprint density at radius 1 is 1.47 bits per heavy atom. The van der Waals surface area contributed by atoms with Gasteiger partial charge in [-0.05, 0) is 43.7 Å². The van der Waals surface area contributed by atoms with E-state index < -0.39 is 0 Å². The lowest BCUT2D eigenvalue weighted by molar-refractivity contribution is 0.0942. The monoisotopic (exact) mass is 253 g/mol. The number of hydrogen-bond donors (Lipinski definition) is 2. The summed E-state index contributed by atoms with van der Waals surface area (Å²) in [7, 11) is 0. The summed E-state index contributed by atoms with van der Waals surface area (Å²) >= 11 is 1.52. The second kappa shape index (κ2) is 5.65. The first-order valence-corrected chi connectivity index (χ1v) is 6.98. The Kier molecular flexibility index (Phi) is 4.18. The molecule has 1 heterocycles. The number of aryl methyl sites for hydroxylation is 1. The van der Waals surface area contributed by atoms with Crippen LogP contribution < -0.4 is 5.32 Å². The van der Waals surface area contributed by atoms with Gasteiger partial charge in [0.1, 0.15) is 0 Å². The van der Waals surface area contributed by atoms with Crippen molar-refractivity contribution in [3.63, 3.8) is 0 Å². The van der Waals surface area contributed by atoms with Crippen molar-refractivity contribution in [2.45, 2.75) is 26.2 Å². The van der Waals surface area contributed by atoms with E-state index in [1.165, 1.54) is 17.8 Å². The van der Waals surface area contributed by atoms with E-state index in [0.29, 0.717) is 18.4 Å². The molecule has 94 valence electrons. The van der Waals surface area contributed by atoms with E-state index in [1.54, 1.807) is 0 Å². The molecule has 2 unspecified atom stereocenters. The molecule has 2 atom stereocenters. The molecule has 0 radical (unpaired) electrons. The number of nitrogens with one attached hydrogen (secondary N) is 1. The molecule has 1 saturated carbocycles. The number of carbonyl (C=O) groups excluding carboxylic acids is 1. The lowest BCUT2D eigenvalue weighted by Gasteiger charge is -2.17. The number of amides is 1. The van der Waals surface area contributed by atoms with Gasteiger partial charge in [-0.2, -0.15) is 0 Å². The minimum atomic E-state index is 0.0201. The maximum atomic E-state index is 11.8. The summed E-state index contributed by atoms with van der Waals surface area (Å²) in [5, 5.41) is 12.2. The van der Waals surface area contributed by atoms with Crippen molar-refractivity contribution in [2.75, 3.05) is 13.2 Å². The van der Waals surface area contributed by atoms with Gasteiger partial charge in [-0.25, -0.2) is 0 Å². The first kappa shape index (κ1) is 12.6. The van der Waals surface area contributed by atoms with Crippen molar-refractivity contribution in [3.05, 3.63) is 21.9 Å². The van der Waals surface area contributed by atoms with Crippen LogP contribution in [0.15, 0.2) is 12.1 Å². The molecule has 17 heavy (non-hydrogen) atoms. The molecule has 4 heteroatoms. The number of aliphatic hydroxyl groups is 1. The molecular formula is C13H19NO2S. The summed E-state index contributed by atoms with van der Waals surface area (Å²) in [6.45, 7) is 2.94. The molecule has 0 spiro atoms. The molecule has 1 aromatic rings. The Morgan fingerprint density at radius 2 is 2.24 bits per heavy atom. The second-order valence-corrected chi connectivity index (χ2v) is 6.04. The molecule has 0 saturated heterocycles. The van der Waals surface area contributed by atoms with Crippen LogP contribution in [0.3, 0.4) is 0 Å². The Balaban J connectivity index is 1.84. The normalized spacial score (nSPS) is 23.9. The van der Waals surface area contributed by atoms with Crippen LogP contribution in [-0.4, -0.2) is 24.2 Å². The van der Waals surface area contributed by atoms with Crippen molar-refractivity contribution in [2.24, 2.45) is 11.8 Å². The molecule has 1 aliphatic rings. The van der Waals surface area contributed by atoms with Gasteiger partial charge in [-0.15, -0.1) is 11.3 Å². The van der Waals surface area contributed by atoms with Crippen molar-refractivity contribution in [3.8, 4) is 0 Å². The predicted octanol–water partition coefficient (Wildman–Crippen LogP) is 2.19. The van der Waals surface area contributed by atoms with Gasteiger partial charge in [0.15, 0.2) is 0 Å². The first-order valence-electron chi connectivity index (χ1n) is 6.16. The van der Waals surface area contributed by atoms with Crippen molar-refractivity contribution >= 4 is 17.2 Å². The lowest BCUT2D eigenvalue weighted by atomic mass is 9.97. The summed E-state index contributed by atoms with van der Waals surface area (Å²) in [5.41, 5.74) is 0. The van der Waals surface area contributed by atoms with Gasteiger partial charge in [0.05, 0.1) is 4.88 Å². The van der Waals surface area contributed by atoms with Gasteiger partial charge in [0.2, 0.25) is 0 Å². The number of thiophene rings is 1. The van der Waals surface area contributed by atoms with Gasteiger partial charge in [-0.3, -0.25) is 4.79 Å². The maximum absolute atomic E-state index is 11.8. The summed E-state index contributed by atoms with van der Waals surface area (Å²) in [6.07, 6.45) is 3.38. The third-order valence-electron chi connectivity index (χ3n) is 3.54. The smallest absolute Gasteiger partial charge is 0.261 e. The third-order valence-corrected chi connectivity index (χ3v) is 4.54. The van der Waals surface area contributed by atoms with Crippen LogP contribution in [-0.2, 0) is 0 Å². The van der Waals surface area contributed by atoms with Crippen molar-refractivity contribution in [1.82, 2.24) is 5.32 Å². The number of aliphatic hydroxyl groups excluding tert-OH is 1. The van der Waals surface area contributed by atoms with E-state index in [2.05, 4.69) is 5.32 Å². The predicted molar refractivity (Wildman–Crippen MR) is 69.3 cm³/mol. The van der Waals surface area contributed by atoms with Gasteiger partial charge in [-0.1, -0.05) is 6.42 Å². The zero-order valence-corrected chi connectivity index (χ0v) is 10.9. The summed E-state index contributed by atoms with van der Waals surface area (Å²) in [5.74, 6) is 0.845. The SMILES string of the molecule is Cc1ccc(C(=O)NCC2CCCC2CO)s1. The molecule has 0 bridgehead atoms. The van der Waals surface area contributed by atoms with Gasteiger partial charge < -0.3 is 10.4 Å². The van der Waals surface area contributed by atoms with Gasteiger partial charge >= 0.3 is 0 Å². The maximum Gasteiger partial charge on any atom is 0.261 e. The standard InChI is InChI=1S/C13H19NO2S/c1-9-5-6-12(17-9)13(16)14-7-10-3-2-4-11(10)8-15/h5-6,10-11,15H,2-4,7-8H2,1H3,(H,14,16). The number of hydrogen-bond acceptors (Lipinski definition) is 3. The second-order valence-electron chi connectivity index (χ2n) is 4.75. The highest BCUT2D eigenvalue weighted by molar-refractivity contribution is 7.13. The van der Waals surface area contributed by atoms with Gasteiger partial charge in [0, 0.05) is 18.0 Å². The van der Waals surface area contributed by atoms with Gasteiger partial charge in [0.25, 0.3) is 5.91 Å². The minimum absolute atomic E-state index is 0.0201. The van der Waals surface area contributed by atoms with E-state index in [1.807, 2.05) is 19.1 Å². The van der Waals surface area contributed by atoms with E-state index >= 15 is 0 Å². The van der Waals surface area contributed by atoms with Crippen LogP contribution in [0.25, 0.3) is 0 Å². The lowest BCUT2D eigenvalue weighted by Crippen LogP contribution is -2.31. The van der Waals surface area contributed by atoms with Crippen LogP contribution in [0.5, 0.6) is 0 Å². The Hall–Kier alpha value is -0.870. The fourth-order valence-electron chi connectivity index (χ4n) is 2.49. The first-order chi connectivity index (χ1) is 8.20. The molecule has 2 N–H and O–H groups in total. The van der Waals surface area contributed by atoms with E-state index in [9.17, 15) is 9.90 Å². The average Bonchev–Trinajstić information content (AvgIpc) is 2.94. The summed E-state index contributed by atoms with van der Waals surface area (Å²) in [4.78, 5) is 13.8. The average molecular weight is 253 g/mol. The van der Waals surface area contributed by atoms with Crippen LogP contribution in [0.2, 0.25) is 0 Å². The largest absolute Gasteiger partial charge is 0.396 e. The Morgan fingerprint density at radius 3 is 2.88 bits per heavy atom. The summed E-state index contributed by atoms with van der Waals surface area (Å²) in [6, 6.07) is 3.83. The molecule has 1 amide bonds. The summed E-state index contributed by atoms with van der Waals surface area (Å²) < 4.78 is 0. The molecule has 2 rings (SSSR count). The fraction of sp³-hybridized carbons (Fsp3) is 0.615. The molecule has 1 aliphatic carbocycles.